The highest BCUT2D eigenvalue weighted by Crippen LogP contribution is 2.54. The van der Waals surface area contributed by atoms with Gasteiger partial charge >= 0.3 is 5.97 Å². The number of aliphatic carboxylic acids is 1. The van der Waals surface area contributed by atoms with E-state index in [2.05, 4.69) is 33.3 Å². The van der Waals surface area contributed by atoms with Crippen molar-refractivity contribution >= 4 is 22.4 Å². The molecular weight excluding hydrogens is 260 g/mol. The number of rotatable bonds is 4. The molecule has 0 fully saturated rings. The van der Waals surface area contributed by atoms with E-state index in [0.717, 1.165) is 17.4 Å². The lowest BCUT2D eigenvalue weighted by Gasteiger charge is -2.44. The van der Waals surface area contributed by atoms with Gasteiger partial charge in [0, 0.05) is 16.4 Å². The molecule has 0 heterocycles. The Kier molecular flexibility index (Phi) is 4.69. The second kappa shape index (κ2) is 5.70. The fraction of sp³-hybridized carbons (Fsp3) is 0.400. The Morgan fingerprint density at radius 2 is 1.84 bits per heavy atom. The van der Waals surface area contributed by atoms with Crippen LogP contribution in [0.3, 0.4) is 0 Å². The van der Waals surface area contributed by atoms with Gasteiger partial charge in [0.1, 0.15) is 5.75 Å². The summed E-state index contributed by atoms with van der Waals surface area (Å²) in [5.74, 6) is -0.229. The van der Waals surface area contributed by atoms with Gasteiger partial charge in [-0.1, -0.05) is 28.5 Å². The summed E-state index contributed by atoms with van der Waals surface area (Å²) in [6.45, 7) is 6.45. The first-order valence-electron chi connectivity index (χ1n) is 6.06. The highest BCUT2D eigenvalue weighted by molar-refractivity contribution is 8.30. The van der Waals surface area contributed by atoms with Gasteiger partial charge in [-0.2, -0.15) is 0 Å². The molecule has 0 atom stereocenters. The number of carboxylic acids is 1. The maximum atomic E-state index is 10.6. The molecule has 106 valence electrons. The lowest BCUT2D eigenvalue weighted by molar-refractivity contribution is -0.131. The average Bonchev–Trinajstić information content (AvgIpc) is 2.25. The van der Waals surface area contributed by atoms with Crippen molar-refractivity contribution in [1.82, 2.24) is 0 Å². The minimum Gasteiger partial charge on any atom is -0.478 e. The standard InChI is InChI=1S/C15H22O3S/c1-15(2,3)19(4,5)18-13-9-7-6-8-12(13)10-11-14(16)17/h6-11H,1-5H3,(H,16,17)/b11-10+. The molecule has 0 aliphatic rings. The van der Waals surface area contributed by atoms with Crippen LogP contribution in [0.1, 0.15) is 26.3 Å². The molecule has 1 aromatic rings. The van der Waals surface area contributed by atoms with Gasteiger partial charge in [0.05, 0.1) is 0 Å². The predicted molar refractivity (Wildman–Crippen MR) is 82.9 cm³/mol. The van der Waals surface area contributed by atoms with E-state index in [1.54, 1.807) is 6.08 Å². The van der Waals surface area contributed by atoms with Crippen molar-refractivity contribution < 1.29 is 14.1 Å². The predicted octanol–water partition coefficient (Wildman–Crippen LogP) is 3.94. The van der Waals surface area contributed by atoms with Crippen molar-refractivity contribution in [3.05, 3.63) is 35.9 Å². The lowest BCUT2D eigenvalue weighted by Crippen LogP contribution is -2.27. The van der Waals surface area contributed by atoms with Crippen LogP contribution in [0.2, 0.25) is 0 Å². The summed E-state index contributed by atoms with van der Waals surface area (Å²) in [6, 6.07) is 7.49. The van der Waals surface area contributed by atoms with Gasteiger partial charge in [-0.25, -0.2) is 4.79 Å². The number of hydrogen-bond donors (Lipinski definition) is 1. The molecule has 0 saturated carbocycles. The molecule has 0 aromatic heterocycles. The second-order valence-electron chi connectivity index (χ2n) is 5.64. The number of benzene rings is 1. The van der Waals surface area contributed by atoms with Gasteiger partial charge in [-0.15, -0.1) is 0 Å². The summed E-state index contributed by atoms with van der Waals surface area (Å²) in [6.07, 6.45) is 6.92. The molecule has 0 bridgehead atoms. The van der Waals surface area contributed by atoms with Crippen molar-refractivity contribution in [2.24, 2.45) is 0 Å². The zero-order valence-corrected chi connectivity index (χ0v) is 13.0. The molecule has 1 rings (SSSR count). The van der Waals surface area contributed by atoms with E-state index >= 15 is 0 Å². The van der Waals surface area contributed by atoms with Crippen LogP contribution in [0.5, 0.6) is 5.75 Å². The normalized spacial score (nSPS) is 13.5. The molecule has 0 saturated heterocycles. The van der Waals surface area contributed by atoms with Crippen molar-refractivity contribution in [3.8, 4) is 5.75 Å². The highest BCUT2D eigenvalue weighted by Gasteiger charge is 2.30. The van der Waals surface area contributed by atoms with Gasteiger partial charge in [-0.05, 0) is 45.4 Å². The average molecular weight is 282 g/mol. The molecule has 3 nitrogen and oxygen atoms in total. The zero-order valence-electron chi connectivity index (χ0n) is 12.1. The first-order valence-corrected chi connectivity index (χ1v) is 8.43. The van der Waals surface area contributed by atoms with E-state index in [4.69, 9.17) is 9.29 Å². The molecule has 0 amide bonds. The molecule has 0 unspecified atom stereocenters. The van der Waals surface area contributed by atoms with Crippen LogP contribution in [0.15, 0.2) is 30.3 Å². The van der Waals surface area contributed by atoms with E-state index in [1.165, 1.54) is 0 Å². The van der Waals surface area contributed by atoms with Gasteiger partial charge in [0.15, 0.2) is 0 Å². The number of hydrogen-bond acceptors (Lipinski definition) is 2. The Morgan fingerprint density at radius 3 is 2.37 bits per heavy atom. The Labute approximate surface area is 116 Å². The van der Waals surface area contributed by atoms with E-state index < -0.39 is 16.3 Å². The van der Waals surface area contributed by atoms with Gasteiger partial charge in [0.25, 0.3) is 0 Å². The lowest BCUT2D eigenvalue weighted by atomic mass is 10.2. The van der Waals surface area contributed by atoms with E-state index in [-0.39, 0.29) is 4.75 Å². The minimum absolute atomic E-state index is 0.0522. The van der Waals surface area contributed by atoms with Crippen LogP contribution in [-0.2, 0) is 4.79 Å². The molecule has 0 aliphatic heterocycles. The van der Waals surface area contributed by atoms with Crippen LogP contribution in [0.4, 0.5) is 0 Å². The van der Waals surface area contributed by atoms with Crippen LogP contribution < -0.4 is 4.18 Å². The van der Waals surface area contributed by atoms with Crippen molar-refractivity contribution in [1.29, 1.82) is 0 Å². The third-order valence-corrected chi connectivity index (χ3v) is 6.64. The van der Waals surface area contributed by atoms with Crippen molar-refractivity contribution in [3.63, 3.8) is 0 Å². The third kappa shape index (κ3) is 4.31. The monoisotopic (exact) mass is 282 g/mol. The van der Waals surface area contributed by atoms with Crippen LogP contribution in [0, 0.1) is 0 Å². The molecule has 1 N–H and O–H groups in total. The van der Waals surface area contributed by atoms with Crippen LogP contribution in [0.25, 0.3) is 6.08 Å². The Morgan fingerprint density at radius 1 is 1.26 bits per heavy atom. The summed E-state index contributed by atoms with van der Waals surface area (Å²) >= 11 is 0. The minimum atomic E-state index is -1.29. The Hall–Kier alpha value is -1.42. The Bertz CT molecular complexity index is 484. The summed E-state index contributed by atoms with van der Waals surface area (Å²) in [4.78, 5) is 10.6. The van der Waals surface area contributed by atoms with Crippen LogP contribution >= 0.6 is 10.3 Å². The fourth-order valence-electron chi connectivity index (χ4n) is 1.20. The van der Waals surface area contributed by atoms with E-state index in [1.807, 2.05) is 24.3 Å². The molecule has 0 aliphatic carbocycles. The maximum absolute atomic E-state index is 10.6. The molecule has 1 aromatic carbocycles. The van der Waals surface area contributed by atoms with E-state index in [0.29, 0.717) is 0 Å². The number of carbonyl (C=O) groups is 1. The first-order chi connectivity index (χ1) is 8.63. The molecule has 0 spiro atoms. The second-order valence-corrected chi connectivity index (χ2v) is 9.50. The third-order valence-electron chi connectivity index (χ3n) is 3.10. The number of para-hydroxylation sites is 1. The topological polar surface area (TPSA) is 46.5 Å². The van der Waals surface area contributed by atoms with Crippen LogP contribution in [-0.4, -0.2) is 28.3 Å². The SMILES string of the molecule is CC(C)(C)S(C)(C)Oc1ccccc1/C=C/C(=O)O. The quantitative estimate of drug-likeness (QED) is 0.851. The largest absolute Gasteiger partial charge is 0.478 e. The maximum Gasteiger partial charge on any atom is 0.328 e. The fourth-order valence-corrected chi connectivity index (χ4v) is 2.06. The zero-order chi connectivity index (χ0) is 14.7. The van der Waals surface area contributed by atoms with Gasteiger partial charge < -0.3 is 9.29 Å². The summed E-state index contributed by atoms with van der Waals surface area (Å²) < 4.78 is 6.22. The summed E-state index contributed by atoms with van der Waals surface area (Å²) in [5.41, 5.74) is 0.787. The first kappa shape index (κ1) is 15.6. The van der Waals surface area contributed by atoms with Gasteiger partial charge in [-0.3, -0.25) is 0 Å². The summed E-state index contributed by atoms with van der Waals surface area (Å²) in [7, 11) is -1.29. The van der Waals surface area contributed by atoms with Crippen molar-refractivity contribution in [2.75, 3.05) is 12.5 Å². The molecule has 4 heteroatoms. The molecular formula is C15H22O3S. The Balaban J connectivity index is 3.05. The smallest absolute Gasteiger partial charge is 0.328 e. The highest BCUT2D eigenvalue weighted by atomic mass is 32.3. The van der Waals surface area contributed by atoms with Crippen molar-refractivity contribution in [2.45, 2.75) is 25.5 Å². The molecule has 0 radical (unpaired) electrons. The number of carboxylic acid groups (broad SMARTS) is 1. The van der Waals surface area contributed by atoms with Gasteiger partial charge in [0.2, 0.25) is 0 Å². The molecule has 19 heavy (non-hydrogen) atoms. The summed E-state index contributed by atoms with van der Waals surface area (Å²) in [5, 5.41) is 8.71. The van der Waals surface area contributed by atoms with E-state index in [9.17, 15) is 4.79 Å².